The summed E-state index contributed by atoms with van der Waals surface area (Å²) in [6, 6.07) is 13.9. The standard InChI is InChI=1S/C22H23N3O4S/c1-15-10-19(11-16(2)21(15)29-13-18-4-3-9-24-12-18)22(26)25-20-7-5-17(6-8-20)14-30(23,27)28/h3-12H,13-14H2,1-2H3,(H,25,26)(H2,23,27,28). The molecule has 30 heavy (non-hydrogen) atoms. The molecule has 156 valence electrons. The number of nitrogens with zero attached hydrogens (tertiary/aromatic N) is 1. The molecule has 0 unspecified atom stereocenters. The first kappa shape index (κ1) is 21.5. The molecular weight excluding hydrogens is 402 g/mol. The number of carbonyl (C=O) groups is 1. The van der Waals surface area contributed by atoms with Crippen LogP contribution in [0.15, 0.2) is 60.9 Å². The first-order valence-corrected chi connectivity index (χ1v) is 11.0. The number of hydrogen-bond donors (Lipinski definition) is 2. The second-order valence-electron chi connectivity index (χ2n) is 7.05. The van der Waals surface area contributed by atoms with Gasteiger partial charge in [0.25, 0.3) is 5.91 Å². The lowest BCUT2D eigenvalue weighted by Gasteiger charge is -2.14. The van der Waals surface area contributed by atoms with Crippen molar-refractivity contribution >= 4 is 21.6 Å². The Hall–Kier alpha value is -3.23. The number of benzene rings is 2. The molecule has 1 heterocycles. The van der Waals surface area contributed by atoms with Gasteiger partial charge in [-0.15, -0.1) is 0 Å². The Morgan fingerprint density at radius 3 is 2.30 bits per heavy atom. The van der Waals surface area contributed by atoms with Crippen molar-refractivity contribution in [3.05, 3.63) is 88.7 Å². The summed E-state index contributed by atoms with van der Waals surface area (Å²) in [7, 11) is -3.59. The summed E-state index contributed by atoms with van der Waals surface area (Å²) in [4.78, 5) is 16.7. The molecule has 3 N–H and O–H groups in total. The second-order valence-corrected chi connectivity index (χ2v) is 8.66. The molecule has 0 atom stereocenters. The summed E-state index contributed by atoms with van der Waals surface area (Å²) in [5, 5.41) is 7.86. The number of nitrogens with two attached hydrogens (primary N) is 1. The molecule has 1 aromatic heterocycles. The number of amides is 1. The van der Waals surface area contributed by atoms with Gasteiger partial charge >= 0.3 is 0 Å². The van der Waals surface area contributed by atoms with Crippen LogP contribution < -0.4 is 15.2 Å². The first-order chi connectivity index (χ1) is 14.2. The van der Waals surface area contributed by atoms with E-state index in [2.05, 4.69) is 10.3 Å². The zero-order chi connectivity index (χ0) is 21.7. The molecule has 1 amide bonds. The van der Waals surface area contributed by atoms with E-state index in [1.807, 2.05) is 26.0 Å². The van der Waals surface area contributed by atoms with Crippen molar-refractivity contribution in [1.82, 2.24) is 4.98 Å². The third-order valence-electron chi connectivity index (χ3n) is 4.41. The molecule has 0 aliphatic heterocycles. The summed E-state index contributed by atoms with van der Waals surface area (Å²) >= 11 is 0. The predicted octanol–water partition coefficient (Wildman–Crippen LogP) is 3.32. The van der Waals surface area contributed by atoms with Gasteiger partial charge in [-0.05, 0) is 60.9 Å². The van der Waals surface area contributed by atoms with Crippen LogP contribution in [0.1, 0.15) is 32.6 Å². The molecule has 7 nitrogen and oxygen atoms in total. The van der Waals surface area contributed by atoms with Crippen LogP contribution >= 0.6 is 0 Å². The Kier molecular flexibility index (Phi) is 6.49. The summed E-state index contributed by atoms with van der Waals surface area (Å²) in [5.74, 6) is 0.224. The van der Waals surface area contributed by atoms with Crippen molar-refractivity contribution in [3.8, 4) is 5.75 Å². The van der Waals surface area contributed by atoms with Crippen LogP contribution in [0.4, 0.5) is 5.69 Å². The van der Waals surface area contributed by atoms with Gasteiger partial charge < -0.3 is 10.1 Å². The van der Waals surface area contributed by atoms with E-state index in [1.165, 1.54) is 0 Å². The van der Waals surface area contributed by atoms with E-state index in [0.29, 0.717) is 23.4 Å². The van der Waals surface area contributed by atoms with Gasteiger partial charge in [0.05, 0.1) is 5.75 Å². The molecule has 8 heteroatoms. The quantitative estimate of drug-likeness (QED) is 0.603. The highest BCUT2D eigenvalue weighted by atomic mass is 32.2. The average molecular weight is 426 g/mol. The molecule has 2 aromatic carbocycles. The third-order valence-corrected chi connectivity index (χ3v) is 5.14. The smallest absolute Gasteiger partial charge is 0.255 e. The van der Waals surface area contributed by atoms with Crippen LogP contribution in [0.2, 0.25) is 0 Å². The number of nitrogens with one attached hydrogen (secondary N) is 1. The van der Waals surface area contributed by atoms with E-state index in [-0.39, 0.29) is 11.7 Å². The molecule has 0 radical (unpaired) electrons. The Bertz CT molecular complexity index is 1120. The van der Waals surface area contributed by atoms with Crippen LogP contribution in [-0.2, 0) is 22.4 Å². The van der Waals surface area contributed by atoms with E-state index < -0.39 is 10.0 Å². The second kappa shape index (κ2) is 9.06. The van der Waals surface area contributed by atoms with Crippen molar-refractivity contribution in [3.63, 3.8) is 0 Å². The fourth-order valence-corrected chi connectivity index (χ4v) is 3.72. The van der Waals surface area contributed by atoms with Crippen molar-refractivity contribution in [2.24, 2.45) is 5.14 Å². The number of sulfonamides is 1. The summed E-state index contributed by atoms with van der Waals surface area (Å²) in [6.45, 7) is 4.18. The molecule has 0 bridgehead atoms. The number of aryl methyl sites for hydroxylation is 2. The Morgan fingerprint density at radius 1 is 1.07 bits per heavy atom. The molecule has 0 saturated heterocycles. The number of hydrogen-bond acceptors (Lipinski definition) is 5. The highest BCUT2D eigenvalue weighted by Crippen LogP contribution is 2.26. The molecule has 3 aromatic rings. The number of primary sulfonamides is 1. The normalized spacial score (nSPS) is 11.2. The monoisotopic (exact) mass is 425 g/mol. The first-order valence-electron chi connectivity index (χ1n) is 9.25. The lowest BCUT2D eigenvalue weighted by molar-refractivity contribution is 0.102. The van der Waals surface area contributed by atoms with Crippen molar-refractivity contribution in [2.75, 3.05) is 5.32 Å². The average Bonchev–Trinajstić information content (AvgIpc) is 2.68. The number of aromatic nitrogens is 1. The molecule has 0 fully saturated rings. The van der Waals surface area contributed by atoms with Crippen molar-refractivity contribution in [2.45, 2.75) is 26.2 Å². The minimum Gasteiger partial charge on any atom is -0.488 e. The predicted molar refractivity (Wildman–Crippen MR) is 116 cm³/mol. The number of anilines is 1. The van der Waals surface area contributed by atoms with E-state index in [0.717, 1.165) is 22.4 Å². The largest absolute Gasteiger partial charge is 0.488 e. The lowest BCUT2D eigenvalue weighted by Crippen LogP contribution is -2.15. The number of ether oxygens (including phenoxy) is 1. The number of rotatable bonds is 7. The number of pyridine rings is 1. The Balaban J connectivity index is 1.69. The van der Waals surface area contributed by atoms with E-state index >= 15 is 0 Å². The maximum atomic E-state index is 12.6. The summed E-state index contributed by atoms with van der Waals surface area (Å²) in [5.41, 5.74) is 4.29. The van der Waals surface area contributed by atoms with Crippen LogP contribution in [0, 0.1) is 13.8 Å². The van der Waals surface area contributed by atoms with Crippen molar-refractivity contribution in [1.29, 1.82) is 0 Å². The molecule has 0 spiro atoms. The summed E-state index contributed by atoms with van der Waals surface area (Å²) in [6.07, 6.45) is 3.46. The van der Waals surface area contributed by atoms with Gasteiger partial charge in [0.2, 0.25) is 10.0 Å². The Labute approximate surface area is 176 Å². The molecule has 0 aliphatic rings. The van der Waals surface area contributed by atoms with Gasteiger partial charge in [-0.1, -0.05) is 18.2 Å². The van der Waals surface area contributed by atoms with Gasteiger partial charge in [-0.2, -0.15) is 0 Å². The minimum atomic E-state index is -3.59. The van der Waals surface area contributed by atoms with Gasteiger partial charge in [-0.3, -0.25) is 9.78 Å². The number of carbonyl (C=O) groups excluding carboxylic acids is 1. The third kappa shape index (κ3) is 5.88. The summed E-state index contributed by atoms with van der Waals surface area (Å²) < 4.78 is 28.3. The van der Waals surface area contributed by atoms with E-state index in [1.54, 1.807) is 48.8 Å². The minimum absolute atomic E-state index is 0.250. The fraction of sp³-hybridized carbons (Fsp3) is 0.182. The van der Waals surface area contributed by atoms with E-state index in [4.69, 9.17) is 9.88 Å². The fourth-order valence-electron chi connectivity index (χ4n) is 3.07. The highest BCUT2D eigenvalue weighted by Gasteiger charge is 2.13. The van der Waals surface area contributed by atoms with Crippen LogP contribution in [0.3, 0.4) is 0 Å². The molecule has 0 aliphatic carbocycles. The maximum absolute atomic E-state index is 12.6. The zero-order valence-corrected chi connectivity index (χ0v) is 17.6. The van der Waals surface area contributed by atoms with Crippen LogP contribution in [0.25, 0.3) is 0 Å². The van der Waals surface area contributed by atoms with Gasteiger partial charge in [0, 0.05) is 29.2 Å². The Morgan fingerprint density at radius 2 is 1.73 bits per heavy atom. The van der Waals surface area contributed by atoms with Gasteiger partial charge in [0.1, 0.15) is 12.4 Å². The highest BCUT2D eigenvalue weighted by molar-refractivity contribution is 7.88. The van der Waals surface area contributed by atoms with Gasteiger partial charge in [-0.25, -0.2) is 13.6 Å². The maximum Gasteiger partial charge on any atom is 0.255 e. The van der Waals surface area contributed by atoms with Gasteiger partial charge in [0.15, 0.2) is 0 Å². The molecule has 0 saturated carbocycles. The lowest BCUT2D eigenvalue weighted by atomic mass is 10.0. The van der Waals surface area contributed by atoms with Crippen molar-refractivity contribution < 1.29 is 17.9 Å². The van der Waals surface area contributed by atoms with Crippen LogP contribution in [-0.4, -0.2) is 19.3 Å². The molecular formula is C22H23N3O4S. The zero-order valence-electron chi connectivity index (χ0n) is 16.8. The topological polar surface area (TPSA) is 111 Å². The SMILES string of the molecule is Cc1cc(C(=O)Nc2ccc(CS(N)(=O)=O)cc2)cc(C)c1OCc1cccnc1. The van der Waals surface area contributed by atoms with Crippen LogP contribution in [0.5, 0.6) is 5.75 Å². The molecule has 3 rings (SSSR count). The van der Waals surface area contributed by atoms with E-state index in [9.17, 15) is 13.2 Å².